The molecule has 3 heterocycles. The molecule has 49 heavy (non-hydrogen) atoms. The highest BCUT2D eigenvalue weighted by atomic mass is 32.2. The first kappa shape index (κ1) is 39.8. The summed E-state index contributed by atoms with van der Waals surface area (Å²) in [7, 11) is -3.96. The molecule has 0 saturated carbocycles. The molecule has 12 nitrogen and oxygen atoms in total. The van der Waals surface area contributed by atoms with Gasteiger partial charge >= 0.3 is 5.97 Å². The van der Waals surface area contributed by atoms with Crippen molar-refractivity contribution in [2.45, 2.75) is 105 Å². The third-order valence-corrected chi connectivity index (χ3v) is 11.6. The zero-order valence-corrected chi connectivity index (χ0v) is 31.2. The van der Waals surface area contributed by atoms with Crippen LogP contribution in [0.3, 0.4) is 0 Å². The first-order chi connectivity index (χ1) is 23.6. The Morgan fingerprint density at radius 1 is 1.04 bits per heavy atom. The quantitative estimate of drug-likeness (QED) is 0.266. The molecule has 1 fully saturated rings. The molecule has 1 aromatic heterocycles. The van der Waals surface area contributed by atoms with E-state index in [2.05, 4.69) is 35.0 Å². The van der Waals surface area contributed by atoms with Crippen molar-refractivity contribution in [1.29, 1.82) is 0 Å². The lowest BCUT2D eigenvalue weighted by Gasteiger charge is -2.40. The summed E-state index contributed by atoms with van der Waals surface area (Å²) in [5, 5.41) is 13.1. The second kappa shape index (κ2) is 19.0. The predicted octanol–water partition coefficient (Wildman–Crippen LogP) is 4.99. The van der Waals surface area contributed by atoms with E-state index in [1.165, 1.54) is 26.8 Å². The standard InChI is InChI=1S/C31H40N6O6S2.2C2H6/c1-3-6-21-9-11-22(12-10-21)18-32-29(39)24-19-36(31-33-27-25(44-31)17-26(38)34-35-28(27)30(40)41)15-16-37(24)45(42,43)23-8-5-7-20(4-2)13-14-23;2*1-2/h9-14,24,28,35H,3-8,15-19H2,1-2H3,(H,32,39)(H,34,38)(H,40,41);2*1-2H3/t24-,28?;;/m1../s1. The summed E-state index contributed by atoms with van der Waals surface area (Å²) in [6.07, 6.45) is 8.33. The average Bonchev–Trinajstić information content (AvgIpc) is 3.26. The molecule has 1 aromatic carbocycles. The number of carboxylic acid groups (broad SMARTS) is 1. The Hall–Kier alpha value is -3.59. The van der Waals surface area contributed by atoms with Crippen molar-refractivity contribution < 1.29 is 27.9 Å². The number of carbonyl (C=O) groups is 3. The van der Waals surface area contributed by atoms with Crippen LogP contribution in [0.5, 0.6) is 0 Å². The fourth-order valence-corrected chi connectivity index (χ4v) is 8.71. The fraction of sp³-hybridized carbons (Fsp3) is 0.543. The van der Waals surface area contributed by atoms with E-state index in [1.54, 1.807) is 6.08 Å². The van der Waals surface area contributed by atoms with E-state index in [4.69, 9.17) is 0 Å². The number of aliphatic carboxylic acids is 1. The number of amides is 2. The summed E-state index contributed by atoms with van der Waals surface area (Å²) >= 11 is 1.18. The molecule has 0 radical (unpaired) electrons. The molecule has 1 aliphatic carbocycles. The third kappa shape index (κ3) is 9.99. The van der Waals surface area contributed by atoms with E-state index in [0.717, 1.165) is 31.2 Å². The summed E-state index contributed by atoms with van der Waals surface area (Å²) in [5.74, 6) is -2.01. The number of carbonyl (C=O) groups excluding carboxylic acids is 2. The summed E-state index contributed by atoms with van der Waals surface area (Å²) in [4.78, 5) is 45.1. The van der Waals surface area contributed by atoms with Gasteiger partial charge in [0, 0.05) is 31.1 Å². The zero-order valence-electron chi connectivity index (χ0n) is 29.5. The molecule has 2 atom stereocenters. The fourth-order valence-electron chi connectivity index (χ4n) is 5.82. The van der Waals surface area contributed by atoms with Gasteiger partial charge < -0.3 is 15.3 Å². The van der Waals surface area contributed by atoms with Gasteiger partial charge in [-0.1, -0.05) is 83.9 Å². The minimum atomic E-state index is -3.96. The number of piperazine rings is 1. The zero-order chi connectivity index (χ0) is 36.1. The maximum absolute atomic E-state index is 14.1. The minimum absolute atomic E-state index is 0.0214. The van der Waals surface area contributed by atoms with Gasteiger partial charge in [0.2, 0.25) is 21.8 Å². The highest BCUT2D eigenvalue weighted by molar-refractivity contribution is 7.93. The molecule has 4 N–H and O–H groups in total. The maximum Gasteiger partial charge on any atom is 0.328 e. The number of hydrogen-bond acceptors (Lipinski definition) is 9. The second-order valence-electron chi connectivity index (χ2n) is 11.5. The summed E-state index contributed by atoms with van der Waals surface area (Å²) in [5.41, 5.74) is 8.43. The lowest BCUT2D eigenvalue weighted by atomic mass is 10.1. The van der Waals surface area contributed by atoms with Crippen molar-refractivity contribution >= 4 is 44.3 Å². The van der Waals surface area contributed by atoms with Gasteiger partial charge in [0.05, 0.1) is 17.0 Å². The number of fused-ring (bicyclic) bond motifs is 1. The molecule has 14 heteroatoms. The number of rotatable bonds is 10. The molecule has 5 rings (SSSR count). The summed E-state index contributed by atoms with van der Waals surface area (Å²) in [6, 6.07) is 5.71. The average molecular weight is 717 g/mol. The molecule has 270 valence electrons. The van der Waals surface area contributed by atoms with Crippen molar-refractivity contribution in [2.24, 2.45) is 0 Å². The molecular formula is C35H52N6O6S2. The van der Waals surface area contributed by atoms with Crippen LogP contribution in [0.25, 0.3) is 0 Å². The van der Waals surface area contributed by atoms with Crippen LogP contribution in [-0.2, 0) is 43.8 Å². The van der Waals surface area contributed by atoms with Gasteiger partial charge in [-0.25, -0.2) is 18.8 Å². The van der Waals surface area contributed by atoms with Crippen LogP contribution in [-0.4, -0.2) is 66.3 Å². The SMILES string of the molecule is CC.CC.CCCc1ccc(CNC(=O)[C@H]2CN(c3nc4c(s3)CC(=O)NNC4C(=O)O)CCN2S(=O)(=O)C2=CC=C(CC)CCC2)cc1. The number of benzene rings is 1. The molecule has 1 unspecified atom stereocenters. The van der Waals surface area contributed by atoms with Crippen LogP contribution in [0.15, 0.2) is 46.9 Å². The molecule has 0 spiro atoms. The predicted molar refractivity (Wildman–Crippen MR) is 194 cm³/mol. The van der Waals surface area contributed by atoms with E-state index in [1.807, 2.05) is 62.9 Å². The number of hydrogen-bond donors (Lipinski definition) is 4. The van der Waals surface area contributed by atoms with Gasteiger partial charge in [0.15, 0.2) is 11.2 Å². The van der Waals surface area contributed by atoms with E-state index in [-0.39, 0.29) is 44.2 Å². The number of anilines is 1. The first-order valence-corrected chi connectivity index (χ1v) is 19.6. The van der Waals surface area contributed by atoms with Gasteiger partial charge in [-0.15, -0.1) is 11.3 Å². The van der Waals surface area contributed by atoms with Crippen molar-refractivity contribution in [3.05, 3.63) is 68.6 Å². The maximum atomic E-state index is 14.1. The monoisotopic (exact) mass is 716 g/mol. The van der Waals surface area contributed by atoms with Crippen molar-refractivity contribution in [2.75, 3.05) is 24.5 Å². The molecule has 1 saturated heterocycles. The van der Waals surface area contributed by atoms with Crippen LogP contribution >= 0.6 is 11.3 Å². The van der Waals surface area contributed by atoms with Crippen LogP contribution < -0.4 is 21.1 Å². The van der Waals surface area contributed by atoms with Crippen LogP contribution in [0, 0.1) is 0 Å². The number of aryl methyl sites for hydroxylation is 1. The normalized spacial score (nSPS) is 19.6. The first-order valence-electron chi connectivity index (χ1n) is 17.4. The van der Waals surface area contributed by atoms with Gasteiger partial charge in [-0.05, 0) is 49.3 Å². The number of thiazole rings is 1. The number of sulfonamides is 1. The number of nitrogens with one attached hydrogen (secondary N) is 3. The molecule has 2 amide bonds. The lowest BCUT2D eigenvalue weighted by molar-refractivity contribution is -0.140. The number of nitrogens with zero attached hydrogens (tertiary/aromatic N) is 3. The van der Waals surface area contributed by atoms with Crippen molar-refractivity contribution in [1.82, 2.24) is 25.5 Å². The van der Waals surface area contributed by atoms with Gasteiger partial charge in [-0.2, -0.15) is 4.31 Å². The number of aromatic nitrogens is 1. The Morgan fingerprint density at radius 3 is 2.39 bits per heavy atom. The van der Waals surface area contributed by atoms with Gasteiger partial charge in [0.25, 0.3) is 0 Å². The summed E-state index contributed by atoms with van der Waals surface area (Å²) < 4.78 is 29.4. The number of allylic oxidation sites excluding steroid dienone is 4. The molecule has 3 aliphatic rings. The Morgan fingerprint density at radius 2 is 1.73 bits per heavy atom. The Kier molecular flexibility index (Phi) is 15.4. The number of carboxylic acids is 1. The van der Waals surface area contributed by atoms with Crippen LogP contribution in [0.1, 0.15) is 101 Å². The highest BCUT2D eigenvalue weighted by Gasteiger charge is 2.42. The smallest absolute Gasteiger partial charge is 0.328 e. The summed E-state index contributed by atoms with van der Waals surface area (Å²) in [6.45, 7) is 12.7. The molecule has 0 bridgehead atoms. The Bertz CT molecular complexity index is 1600. The third-order valence-electron chi connectivity index (χ3n) is 8.37. The Labute approximate surface area is 295 Å². The minimum Gasteiger partial charge on any atom is -0.480 e. The largest absolute Gasteiger partial charge is 0.480 e. The van der Waals surface area contributed by atoms with E-state index in [9.17, 15) is 27.9 Å². The van der Waals surface area contributed by atoms with E-state index >= 15 is 0 Å². The second-order valence-corrected chi connectivity index (χ2v) is 14.5. The molecule has 2 aliphatic heterocycles. The number of hydrazine groups is 1. The van der Waals surface area contributed by atoms with E-state index in [0.29, 0.717) is 27.8 Å². The van der Waals surface area contributed by atoms with Gasteiger partial charge in [0.1, 0.15) is 6.04 Å². The van der Waals surface area contributed by atoms with Crippen LogP contribution in [0.4, 0.5) is 5.13 Å². The Balaban J connectivity index is 0.00000157. The molecular weight excluding hydrogens is 665 g/mol. The van der Waals surface area contributed by atoms with Crippen molar-refractivity contribution in [3.63, 3.8) is 0 Å². The van der Waals surface area contributed by atoms with Gasteiger partial charge in [-0.3, -0.25) is 19.8 Å². The highest BCUT2D eigenvalue weighted by Crippen LogP contribution is 2.34. The van der Waals surface area contributed by atoms with Crippen LogP contribution in [0.2, 0.25) is 0 Å². The molecule has 2 aromatic rings. The van der Waals surface area contributed by atoms with Crippen molar-refractivity contribution in [3.8, 4) is 0 Å². The lowest BCUT2D eigenvalue weighted by Crippen LogP contribution is -2.60. The van der Waals surface area contributed by atoms with E-state index < -0.39 is 34.0 Å². The topological polar surface area (TPSA) is 161 Å².